The van der Waals surface area contributed by atoms with E-state index in [2.05, 4.69) is 5.32 Å². The number of ether oxygens (including phenoxy) is 1. The molecule has 4 amide bonds. The van der Waals surface area contributed by atoms with Crippen molar-refractivity contribution < 1.29 is 19.1 Å². The van der Waals surface area contributed by atoms with Gasteiger partial charge in [0.25, 0.3) is 0 Å². The van der Waals surface area contributed by atoms with Gasteiger partial charge in [-0.3, -0.25) is 19.8 Å². The van der Waals surface area contributed by atoms with E-state index in [9.17, 15) is 14.4 Å². The number of carbonyl (C=O) groups is 3. The van der Waals surface area contributed by atoms with Crippen LogP contribution in [0.15, 0.2) is 24.3 Å². The molecule has 1 N–H and O–H groups in total. The summed E-state index contributed by atoms with van der Waals surface area (Å²) < 4.78 is 5.09. The molecule has 110 valence electrons. The number of benzene rings is 1. The van der Waals surface area contributed by atoms with Crippen LogP contribution in [0.4, 0.5) is 4.79 Å². The van der Waals surface area contributed by atoms with Crippen molar-refractivity contribution in [2.24, 2.45) is 5.41 Å². The van der Waals surface area contributed by atoms with Crippen LogP contribution in [0.2, 0.25) is 0 Å². The van der Waals surface area contributed by atoms with Gasteiger partial charge in [0.15, 0.2) is 0 Å². The summed E-state index contributed by atoms with van der Waals surface area (Å²) >= 11 is 0. The summed E-state index contributed by atoms with van der Waals surface area (Å²) in [4.78, 5) is 37.4. The molecule has 0 aromatic heterocycles. The Morgan fingerprint density at radius 3 is 2.33 bits per heavy atom. The first-order valence-corrected chi connectivity index (χ1v) is 6.82. The van der Waals surface area contributed by atoms with Gasteiger partial charge in [0, 0.05) is 0 Å². The zero-order valence-corrected chi connectivity index (χ0v) is 11.9. The minimum Gasteiger partial charge on any atom is -0.497 e. The summed E-state index contributed by atoms with van der Waals surface area (Å²) in [6, 6.07) is 6.08. The van der Waals surface area contributed by atoms with E-state index in [1.807, 2.05) is 0 Å². The van der Waals surface area contributed by atoms with Crippen molar-refractivity contribution >= 4 is 17.8 Å². The second kappa shape index (κ2) is 4.58. The Morgan fingerprint density at radius 2 is 1.81 bits per heavy atom. The fourth-order valence-corrected chi connectivity index (χ4v) is 2.65. The van der Waals surface area contributed by atoms with Gasteiger partial charge in [-0.1, -0.05) is 12.1 Å². The van der Waals surface area contributed by atoms with Gasteiger partial charge >= 0.3 is 6.03 Å². The van der Waals surface area contributed by atoms with Crippen LogP contribution in [-0.2, 0) is 9.59 Å². The van der Waals surface area contributed by atoms with Gasteiger partial charge in [-0.15, -0.1) is 0 Å². The molecule has 6 heteroatoms. The smallest absolute Gasteiger partial charge is 0.331 e. The SMILES string of the molecule is COc1ccc(C(C)N2C(=O)NC(=O)C3(CC3)C2=O)cc1. The second-order valence-corrected chi connectivity index (χ2v) is 5.47. The third-order valence-electron chi connectivity index (χ3n) is 4.24. The first kappa shape index (κ1) is 13.6. The van der Waals surface area contributed by atoms with E-state index in [-0.39, 0.29) is 5.91 Å². The number of hydrogen-bond donors (Lipinski definition) is 1. The largest absolute Gasteiger partial charge is 0.497 e. The molecule has 1 atom stereocenters. The van der Waals surface area contributed by atoms with Gasteiger partial charge in [0.05, 0.1) is 13.2 Å². The third kappa shape index (κ3) is 1.98. The Hall–Kier alpha value is -2.37. The Balaban J connectivity index is 1.88. The van der Waals surface area contributed by atoms with Gasteiger partial charge in [-0.25, -0.2) is 4.79 Å². The zero-order chi connectivity index (χ0) is 15.2. The fraction of sp³-hybridized carbons (Fsp3) is 0.400. The van der Waals surface area contributed by atoms with Crippen LogP contribution in [0.5, 0.6) is 5.75 Å². The average molecular weight is 288 g/mol. The monoisotopic (exact) mass is 288 g/mol. The molecule has 2 aliphatic rings. The quantitative estimate of drug-likeness (QED) is 0.857. The van der Waals surface area contributed by atoms with Gasteiger partial charge in [-0.2, -0.15) is 0 Å². The maximum Gasteiger partial charge on any atom is 0.331 e. The predicted molar refractivity (Wildman–Crippen MR) is 73.5 cm³/mol. The molecule has 0 bridgehead atoms. The molecule has 1 aromatic rings. The summed E-state index contributed by atoms with van der Waals surface area (Å²) in [6.07, 6.45) is 1.02. The minimum atomic E-state index is -1.01. The lowest BCUT2D eigenvalue weighted by molar-refractivity contribution is -0.146. The van der Waals surface area contributed by atoms with E-state index >= 15 is 0 Å². The molecule has 1 spiro atoms. The summed E-state index contributed by atoms with van der Waals surface area (Å²) in [6.45, 7) is 1.77. The summed E-state index contributed by atoms with van der Waals surface area (Å²) in [5, 5.41) is 2.29. The standard InChI is InChI=1S/C15H16N2O4/c1-9(10-3-5-11(21-2)6-4-10)17-13(19)15(7-8-15)12(18)16-14(17)20/h3-6,9H,7-8H2,1-2H3,(H,16,18,20). The third-order valence-corrected chi connectivity index (χ3v) is 4.24. The molecule has 1 aromatic carbocycles. The molecule has 1 saturated carbocycles. The number of urea groups is 1. The van der Waals surface area contributed by atoms with Crippen molar-refractivity contribution in [3.8, 4) is 5.75 Å². The number of rotatable bonds is 3. The molecule has 3 rings (SSSR count). The average Bonchev–Trinajstić information content (AvgIpc) is 3.27. The molecule has 1 heterocycles. The summed E-state index contributed by atoms with van der Waals surface area (Å²) in [5.74, 6) is -0.149. The maximum absolute atomic E-state index is 12.5. The highest BCUT2D eigenvalue weighted by Crippen LogP contribution is 2.50. The first-order chi connectivity index (χ1) is 9.99. The second-order valence-electron chi connectivity index (χ2n) is 5.47. The summed E-state index contributed by atoms with van der Waals surface area (Å²) in [7, 11) is 1.57. The first-order valence-electron chi connectivity index (χ1n) is 6.82. The van der Waals surface area contributed by atoms with Crippen molar-refractivity contribution in [2.75, 3.05) is 7.11 Å². The number of imide groups is 2. The van der Waals surface area contributed by atoms with Crippen LogP contribution in [0, 0.1) is 5.41 Å². The topological polar surface area (TPSA) is 75.7 Å². The molecule has 0 radical (unpaired) electrons. The number of barbiturate groups is 1. The minimum absolute atomic E-state index is 0.389. The number of methoxy groups -OCH3 is 1. The lowest BCUT2D eigenvalue weighted by atomic mass is 9.98. The highest BCUT2D eigenvalue weighted by Gasteiger charge is 2.62. The van der Waals surface area contributed by atoms with E-state index in [4.69, 9.17) is 4.74 Å². The van der Waals surface area contributed by atoms with Crippen LogP contribution < -0.4 is 10.1 Å². The Kier molecular flexibility index (Phi) is 2.97. The predicted octanol–water partition coefficient (Wildman–Crippen LogP) is 1.61. The number of nitrogens with one attached hydrogen (secondary N) is 1. The Morgan fingerprint density at radius 1 is 1.19 bits per heavy atom. The van der Waals surface area contributed by atoms with E-state index < -0.39 is 23.4 Å². The molecule has 6 nitrogen and oxygen atoms in total. The van der Waals surface area contributed by atoms with Gasteiger partial charge in [0.1, 0.15) is 11.2 Å². The van der Waals surface area contributed by atoms with Crippen molar-refractivity contribution in [2.45, 2.75) is 25.8 Å². The highest BCUT2D eigenvalue weighted by molar-refractivity contribution is 6.21. The Labute approximate surface area is 122 Å². The van der Waals surface area contributed by atoms with Crippen molar-refractivity contribution in [1.82, 2.24) is 10.2 Å². The van der Waals surface area contributed by atoms with E-state index in [0.717, 1.165) is 10.5 Å². The van der Waals surface area contributed by atoms with Crippen LogP contribution in [0.25, 0.3) is 0 Å². The molecular weight excluding hydrogens is 272 g/mol. The molecule has 1 unspecified atom stereocenters. The number of carbonyl (C=O) groups excluding carboxylic acids is 3. The van der Waals surface area contributed by atoms with Crippen LogP contribution >= 0.6 is 0 Å². The molecule has 1 saturated heterocycles. The summed E-state index contributed by atoms with van der Waals surface area (Å²) in [5.41, 5.74) is -0.196. The lowest BCUT2D eigenvalue weighted by Crippen LogP contribution is -2.59. The molecule has 21 heavy (non-hydrogen) atoms. The Bertz CT molecular complexity index is 619. The molecule has 2 fully saturated rings. The van der Waals surface area contributed by atoms with Gasteiger partial charge in [-0.05, 0) is 37.5 Å². The fourth-order valence-electron chi connectivity index (χ4n) is 2.65. The maximum atomic E-state index is 12.5. The van der Waals surface area contributed by atoms with E-state index in [1.54, 1.807) is 38.3 Å². The van der Waals surface area contributed by atoms with Crippen molar-refractivity contribution in [3.05, 3.63) is 29.8 Å². The molecular formula is C15H16N2O4. The number of hydrogen-bond acceptors (Lipinski definition) is 4. The zero-order valence-electron chi connectivity index (χ0n) is 11.9. The van der Waals surface area contributed by atoms with Crippen molar-refractivity contribution in [1.29, 1.82) is 0 Å². The van der Waals surface area contributed by atoms with Gasteiger partial charge < -0.3 is 4.74 Å². The van der Waals surface area contributed by atoms with Crippen LogP contribution in [0.3, 0.4) is 0 Å². The van der Waals surface area contributed by atoms with E-state index in [1.165, 1.54) is 0 Å². The highest BCUT2D eigenvalue weighted by atomic mass is 16.5. The van der Waals surface area contributed by atoms with Crippen LogP contribution in [0.1, 0.15) is 31.4 Å². The number of amides is 4. The van der Waals surface area contributed by atoms with E-state index in [0.29, 0.717) is 18.6 Å². The lowest BCUT2D eigenvalue weighted by Gasteiger charge is -2.34. The van der Waals surface area contributed by atoms with Crippen LogP contribution in [-0.4, -0.2) is 29.9 Å². The molecule has 1 aliphatic carbocycles. The number of nitrogens with zero attached hydrogens (tertiary/aromatic N) is 1. The van der Waals surface area contributed by atoms with Crippen molar-refractivity contribution in [3.63, 3.8) is 0 Å². The molecule has 1 aliphatic heterocycles. The van der Waals surface area contributed by atoms with Gasteiger partial charge in [0.2, 0.25) is 11.8 Å². The normalized spacial score (nSPS) is 21.2.